The van der Waals surface area contributed by atoms with E-state index in [2.05, 4.69) is 10.1 Å². The van der Waals surface area contributed by atoms with Gasteiger partial charge < -0.3 is 10.3 Å². The van der Waals surface area contributed by atoms with Crippen molar-refractivity contribution in [3.8, 4) is 11.4 Å². The summed E-state index contributed by atoms with van der Waals surface area (Å²) in [7, 11) is 0. The Hall–Kier alpha value is -2.28. The number of para-hydroxylation sites is 1. The molecule has 2 aromatic rings. The van der Waals surface area contributed by atoms with E-state index in [1.54, 1.807) is 18.2 Å². The van der Waals surface area contributed by atoms with Crippen molar-refractivity contribution in [2.75, 3.05) is 0 Å². The number of benzene rings is 1. The molecule has 7 nitrogen and oxygen atoms in total. The molecule has 1 atom stereocenters. The molecular formula is C13H16N4O3. The molecule has 0 spiro atoms. The Morgan fingerprint density at radius 2 is 2.00 bits per heavy atom. The van der Waals surface area contributed by atoms with Gasteiger partial charge in [0.2, 0.25) is 11.7 Å². The first kappa shape index (κ1) is 14.1. The topological polar surface area (TPSA) is 108 Å². The highest BCUT2D eigenvalue weighted by atomic mass is 16.6. The van der Waals surface area contributed by atoms with Crippen molar-refractivity contribution in [2.24, 2.45) is 11.1 Å². The van der Waals surface area contributed by atoms with Gasteiger partial charge in [0.25, 0.3) is 5.69 Å². The van der Waals surface area contributed by atoms with Crippen molar-refractivity contribution in [3.63, 3.8) is 0 Å². The van der Waals surface area contributed by atoms with Crippen LogP contribution in [0.3, 0.4) is 0 Å². The molecule has 1 heterocycles. The third-order valence-electron chi connectivity index (χ3n) is 2.98. The summed E-state index contributed by atoms with van der Waals surface area (Å²) in [6.45, 7) is 5.85. The zero-order valence-corrected chi connectivity index (χ0v) is 11.5. The minimum Gasteiger partial charge on any atom is -0.337 e. The maximum Gasteiger partial charge on any atom is 0.280 e. The first-order chi connectivity index (χ1) is 9.30. The summed E-state index contributed by atoms with van der Waals surface area (Å²) in [4.78, 5) is 14.7. The van der Waals surface area contributed by atoms with Gasteiger partial charge in [-0.15, -0.1) is 0 Å². The molecule has 106 valence electrons. The molecule has 0 saturated carbocycles. The van der Waals surface area contributed by atoms with Crippen LogP contribution in [0.5, 0.6) is 0 Å². The maximum atomic E-state index is 11.0. The van der Waals surface area contributed by atoms with E-state index in [4.69, 9.17) is 10.3 Å². The Kier molecular flexibility index (Phi) is 3.54. The molecule has 2 N–H and O–H groups in total. The van der Waals surface area contributed by atoms with Crippen LogP contribution < -0.4 is 5.73 Å². The van der Waals surface area contributed by atoms with E-state index in [0.29, 0.717) is 5.56 Å². The zero-order valence-electron chi connectivity index (χ0n) is 11.5. The predicted octanol–water partition coefficient (Wildman–Crippen LogP) is 2.69. The smallest absolute Gasteiger partial charge is 0.280 e. The summed E-state index contributed by atoms with van der Waals surface area (Å²) in [5, 5.41) is 14.8. The average Bonchev–Trinajstić information content (AvgIpc) is 2.86. The predicted molar refractivity (Wildman–Crippen MR) is 72.8 cm³/mol. The molecule has 0 aliphatic heterocycles. The van der Waals surface area contributed by atoms with E-state index in [-0.39, 0.29) is 22.8 Å². The first-order valence-corrected chi connectivity index (χ1v) is 6.13. The lowest BCUT2D eigenvalue weighted by atomic mass is 9.87. The van der Waals surface area contributed by atoms with Crippen molar-refractivity contribution < 1.29 is 9.45 Å². The van der Waals surface area contributed by atoms with E-state index in [1.165, 1.54) is 6.07 Å². The lowest BCUT2D eigenvalue weighted by molar-refractivity contribution is -0.384. The third kappa shape index (κ3) is 2.67. The molecule has 0 amide bonds. The van der Waals surface area contributed by atoms with Crippen LogP contribution in [0.15, 0.2) is 28.8 Å². The van der Waals surface area contributed by atoms with Gasteiger partial charge in [0.15, 0.2) is 0 Å². The third-order valence-corrected chi connectivity index (χ3v) is 2.98. The van der Waals surface area contributed by atoms with Crippen molar-refractivity contribution in [1.82, 2.24) is 10.1 Å². The minimum absolute atomic E-state index is 0.0656. The summed E-state index contributed by atoms with van der Waals surface area (Å²) < 4.78 is 5.13. The molecule has 0 fully saturated rings. The summed E-state index contributed by atoms with van der Waals surface area (Å²) in [6.07, 6.45) is 0. The van der Waals surface area contributed by atoms with Crippen molar-refractivity contribution in [2.45, 2.75) is 26.8 Å². The Balaban J connectivity index is 2.42. The number of nitro groups is 1. The van der Waals surface area contributed by atoms with E-state index in [0.717, 1.165) is 0 Å². The van der Waals surface area contributed by atoms with Gasteiger partial charge >= 0.3 is 0 Å². The highest BCUT2D eigenvalue weighted by Gasteiger charge is 2.28. The van der Waals surface area contributed by atoms with Crippen LogP contribution in [0, 0.1) is 15.5 Å². The average molecular weight is 276 g/mol. The Labute approximate surface area is 115 Å². The molecule has 20 heavy (non-hydrogen) atoms. The normalized spacial score (nSPS) is 13.2. The molecule has 0 radical (unpaired) electrons. The molecule has 0 unspecified atom stereocenters. The van der Waals surface area contributed by atoms with Gasteiger partial charge in [-0.1, -0.05) is 38.1 Å². The molecule has 0 bridgehead atoms. The van der Waals surface area contributed by atoms with Crippen molar-refractivity contribution in [1.29, 1.82) is 0 Å². The van der Waals surface area contributed by atoms with Crippen molar-refractivity contribution in [3.05, 3.63) is 40.3 Å². The van der Waals surface area contributed by atoms with Gasteiger partial charge in [0.05, 0.1) is 11.0 Å². The summed E-state index contributed by atoms with van der Waals surface area (Å²) in [5.74, 6) is 0.442. The molecule has 1 aromatic carbocycles. The largest absolute Gasteiger partial charge is 0.337 e. The lowest BCUT2D eigenvalue weighted by Crippen LogP contribution is -2.26. The lowest BCUT2D eigenvalue weighted by Gasteiger charge is -2.23. The fourth-order valence-corrected chi connectivity index (χ4v) is 1.66. The monoisotopic (exact) mass is 276 g/mol. The van der Waals surface area contributed by atoms with Crippen LogP contribution >= 0.6 is 0 Å². The van der Waals surface area contributed by atoms with Crippen LogP contribution in [0.2, 0.25) is 0 Å². The fourth-order valence-electron chi connectivity index (χ4n) is 1.66. The van der Waals surface area contributed by atoms with Gasteiger partial charge in [-0.3, -0.25) is 10.1 Å². The van der Waals surface area contributed by atoms with E-state index in [1.807, 2.05) is 20.8 Å². The van der Waals surface area contributed by atoms with Gasteiger partial charge in [-0.2, -0.15) is 4.98 Å². The minimum atomic E-state index is -0.477. The Morgan fingerprint density at radius 1 is 1.35 bits per heavy atom. The van der Waals surface area contributed by atoms with Crippen molar-refractivity contribution >= 4 is 5.69 Å². The van der Waals surface area contributed by atoms with E-state index < -0.39 is 11.0 Å². The second kappa shape index (κ2) is 5.01. The Morgan fingerprint density at radius 3 is 2.60 bits per heavy atom. The standard InChI is InChI=1S/C13H16N4O3/c1-13(2,3)10(14)12-15-11(16-20-12)8-6-4-5-7-9(8)17(18)19/h4-7,10H,14H2,1-3H3/t10-/m1/s1. The number of nitrogens with zero attached hydrogens (tertiary/aromatic N) is 3. The summed E-state index contributed by atoms with van der Waals surface area (Å²) >= 11 is 0. The number of nitro benzene ring substituents is 1. The maximum absolute atomic E-state index is 11.0. The number of hydrogen-bond donors (Lipinski definition) is 1. The van der Waals surface area contributed by atoms with Gasteiger partial charge in [0, 0.05) is 6.07 Å². The molecule has 0 saturated heterocycles. The van der Waals surface area contributed by atoms with E-state index >= 15 is 0 Å². The second-order valence-electron chi connectivity index (χ2n) is 5.57. The zero-order chi connectivity index (χ0) is 14.9. The number of rotatable bonds is 3. The molecule has 7 heteroatoms. The summed E-state index contributed by atoms with van der Waals surface area (Å²) in [5.41, 5.74) is 6.04. The van der Waals surface area contributed by atoms with Gasteiger partial charge in [0.1, 0.15) is 5.56 Å². The number of hydrogen-bond acceptors (Lipinski definition) is 6. The Bertz CT molecular complexity index is 631. The molecular weight excluding hydrogens is 260 g/mol. The van der Waals surface area contributed by atoms with Crippen LogP contribution in [-0.2, 0) is 0 Å². The van der Waals surface area contributed by atoms with Gasteiger partial charge in [-0.25, -0.2) is 0 Å². The second-order valence-corrected chi connectivity index (χ2v) is 5.57. The van der Waals surface area contributed by atoms with Crippen LogP contribution in [0.25, 0.3) is 11.4 Å². The number of nitrogens with two attached hydrogens (primary N) is 1. The number of aromatic nitrogens is 2. The SMILES string of the molecule is CC(C)(C)[C@H](N)c1nc(-c2ccccc2[N+](=O)[O-])no1. The van der Waals surface area contributed by atoms with E-state index in [9.17, 15) is 10.1 Å². The van der Waals surface area contributed by atoms with Crippen LogP contribution in [0.1, 0.15) is 32.7 Å². The highest BCUT2D eigenvalue weighted by Crippen LogP contribution is 2.32. The molecule has 0 aliphatic rings. The highest BCUT2D eigenvalue weighted by molar-refractivity contribution is 5.67. The van der Waals surface area contributed by atoms with Crippen LogP contribution in [0.4, 0.5) is 5.69 Å². The summed E-state index contributed by atoms with van der Waals surface area (Å²) in [6, 6.07) is 5.81. The van der Waals surface area contributed by atoms with Crippen LogP contribution in [-0.4, -0.2) is 15.1 Å². The molecule has 2 rings (SSSR count). The quantitative estimate of drug-likeness (QED) is 0.682. The molecule has 0 aliphatic carbocycles. The van der Waals surface area contributed by atoms with Gasteiger partial charge in [-0.05, 0) is 11.5 Å². The fraction of sp³-hybridized carbons (Fsp3) is 0.385. The first-order valence-electron chi connectivity index (χ1n) is 6.13. The molecule has 1 aromatic heterocycles.